The molecule has 1 saturated heterocycles. The lowest BCUT2D eigenvalue weighted by Crippen LogP contribution is -2.75. The van der Waals surface area contributed by atoms with Gasteiger partial charge in [0, 0.05) is 24.6 Å². The van der Waals surface area contributed by atoms with Gasteiger partial charge in [0.15, 0.2) is 11.5 Å². The minimum Gasteiger partial charge on any atom is -0.481 e. The van der Waals surface area contributed by atoms with E-state index < -0.39 is 11.0 Å². The van der Waals surface area contributed by atoms with Crippen LogP contribution in [0.25, 0.3) is 0 Å². The molecule has 2 aliphatic heterocycles. The summed E-state index contributed by atoms with van der Waals surface area (Å²) in [6.07, 6.45) is 17.1. The minimum absolute atomic E-state index is 0.120. The van der Waals surface area contributed by atoms with Crippen LogP contribution in [0.3, 0.4) is 0 Å². The van der Waals surface area contributed by atoms with Crippen LogP contribution in [-0.4, -0.2) is 46.8 Å². The van der Waals surface area contributed by atoms with Crippen LogP contribution in [0.5, 0.6) is 11.5 Å². The van der Waals surface area contributed by atoms with Crippen molar-refractivity contribution in [3.05, 3.63) is 35.4 Å². The molecular weight excluding hydrogens is 474 g/mol. The zero-order valence-corrected chi connectivity index (χ0v) is 23.4. The Bertz CT molecular complexity index is 1060. The lowest BCUT2D eigenvalue weighted by atomic mass is 9.48. The molecule has 6 rings (SSSR count). The average molecular weight is 522 g/mol. The predicted octanol–water partition coefficient (Wildman–Crippen LogP) is 6.63. The maximum Gasteiger partial charge on any atom is 0.311 e. The van der Waals surface area contributed by atoms with Crippen LogP contribution < -0.4 is 9.47 Å². The summed E-state index contributed by atoms with van der Waals surface area (Å²) in [6, 6.07) is 4.19. The Morgan fingerprint density at radius 1 is 1.11 bits per heavy atom. The first-order valence-electron chi connectivity index (χ1n) is 15.7. The van der Waals surface area contributed by atoms with E-state index >= 15 is 0 Å². The molecule has 0 radical (unpaired) electrons. The summed E-state index contributed by atoms with van der Waals surface area (Å²) in [6.45, 7) is 8.74. The van der Waals surface area contributed by atoms with Gasteiger partial charge in [0.2, 0.25) is 0 Å². The summed E-state index contributed by atoms with van der Waals surface area (Å²) in [5.74, 6) is 1.85. The third-order valence-electron chi connectivity index (χ3n) is 10.4. The van der Waals surface area contributed by atoms with Gasteiger partial charge < -0.3 is 14.6 Å². The Hall–Kier alpha value is -1.85. The van der Waals surface area contributed by atoms with Crippen LogP contribution in [0.4, 0.5) is 0 Å². The average Bonchev–Trinajstić information content (AvgIpc) is 3.64. The zero-order valence-electron chi connectivity index (χ0n) is 23.4. The number of carbonyl (C=O) groups is 1. The molecule has 3 aliphatic carbocycles. The van der Waals surface area contributed by atoms with Crippen molar-refractivity contribution in [3.63, 3.8) is 0 Å². The van der Waals surface area contributed by atoms with Gasteiger partial charge in [0.05, 0.1) is 11.0 Å². The summed E-state index contributed by atoms with van der Waals surface area (Å²) in [5.41, 5.74) is 2.13. The fraction of sp³-hybridized carbons (Fsp3) is 0.727. The maximum absolute atomic E-state index is 12.8. The third-order valence-corrected chi connectivity index (χ3v) is 10.4. The first-order chi connectivity index (χ1) is 18.5. The number of esters is 1. The number of hydrogen-bond donors (Lipinski definition) is 1. The van der Waals surface area contributed by atoms with Gasteiger partial charge in [-0.2, -0.15) is 0 Å². The highest BCUT2D eigenvalue weighted by molar-refractivity contribution is 5.75. The normalized spacial score (nSPS) is 31.2. The molecule has 5 heteroatoms. The zero-order chi connectivity index (χ0) is 26.3. The molecule has 38 heavy (non-hydrogen) atoms. The number of rotatable bonds is 13. The van der Waals surface area contributed by atoms with E-state index in [1.165, 1.54) is 63.4 Å². The van der Waals surface area contributed by atoms with Crippen molar-refractivity contribution < 1.29 is 19.4 Å². The fourth-order valence-corrected chi connectivity index (χ4v) is 8.22. The second-order valence-corrected chi connectivity index (χ2v) is 12.9. The number of carbonyl (C=O) groups excluding carboxylic acids is 1. The quantitative estimate of drug-likeness (QED) is 0.137. The van der Waals surface area contributed by atoms with Crippen molar-refractivity contribution >= 4 is 5.97 Å². The van der Waals surface area contributed by atoms with Gasteiger partial charge in [-0.1, -0.05) is 70.9 Å². The summed E-state index contributed by atoms with van der Waals surface area (Å²) in [4.78, 5) is 15.4. The first kappa shape index (κ1) is 26.4. The number of hydrogen-bond acceptors (Lipinski definition) is 5. The first-order valence-corrected chi connectivity index (χ1v) is 15.7. The van der Waals surface area contributed by atoms with Gasteiger partial charge >= 0.3 is 5.97 Å². The SMILES string of the molecule is C=C1CC[C@@]2(O)C3Cc4ccc(OC(=O)CCCCCCCCCCC)c5c4[C@@]2(CCN3CC2CC2)[C@H]1O5. The van der Waals surface area contributed by atoms with Crippen molar-refractivity contribution in [1.82, 2.24) is 4.90 Å². The molecule has 4 atom stereocenters. The molecular formula is C33H47NO4. The van der Waals surface area contributed by atoms with Crippen LogP contribution in [0.15, 0.2) is 24.3 Å². The number of unbranched alkanes of at least 4 members (excludes halogenated alkanes) is 8. The highest BCUT2D eigenvalue weighted by Gasteiger charge is 2.72. The van der Waals surface area contributed by atoms with Crippen molar-refractivity contribution in [2.75, 3.05) is 13.1 Å². The molecule has 5 aliphatic rings. The van der Waals surface area contributed by atoms with E-state index in [2.05, 4.69) is 24.5 Å². The van der Waals surface area contributed by atoms with Gasteiger partial charge in [-0.3, -0.25) is 9.69 Å². The van der Waals surface area contributed by atoms with E-state index in [0.29, 0.717) is 17.9 Å². The smallest absolute Gasteiger partial charge is 0.311 e. The lowest BCUT2D eigenvalue weighted by Gasteiger charge is -2.63. The molecule has 1 unspecified atom stereocenters. The third kappa shape index (κ3) is 4.42. The number of benzene rings is 1. The van der Waals surface area contributed by atoms with Crippen molar-refractivity contribution in [2.45, 2.75) is 133 Å². The molecule has 1 aromatic carbocycles. The van der Waals surface area contributed by atoms with Crippen LogP contribution in [0.1, 0.15) is 114 Å². The van der Waals surface area contributed by atoms with Crippen LogP contribution >= 0.6 is 0 Å². The maximum atomic E-state index is 12.8. The Morgan fingerprint density at radius 2 is 1.84 bits per heavy atom. The minimum atomic E-state index is -0.830. The molecule has 3 fully saturated rings. The number of aliphatic hydroxyl groups is 1. The molecule has 2 heterocycles. The molecule has 208 valence electrons. The van der Waals surface area contributed by atoms with E-state index in [0.717, 1.165) is 68.7 Å². The number of likely N-dealkylation sites (tertiary alicyclic amines) is 1. The lowest BCUT2D eigenvalue weighted by molar-refractivity contribution is -0.174. The van der Waals surface area contributed by atoms with E-state index in [1.807, 2.05) is 6.07 Å². The number of piperidine rings is 1. The monoisotopic (exact) mass is 521 g/mol. The Labute approximate surface area is 229 Å². The molecule has 5 nitrogen and oxygen atoms in total. The predicted molar refractivity (Wildman–Crippen MR) is 150 cm³/mol. The molecule has 2 saturated carbocycles. The summed E-state index contributed by atoms with van der Waals surface area (Å²) < 4.78 is 12.6. The molecule has 1 aromatic rings. The summed E-state index contributed by atoms with van der Waals surface area (Å²) in [7, 11) is 0. The van der Waals surface area contributed by atoms with E-state index in [-0.39, 0.29) is 18.1 Å². The van der Waals surface area contributed by atoms with Gasteiger partial charge in [0.1, 0.15) is 6.10 Å². The van der Waals surface area contributed by atoms with Crippen molar-refractivity contribution in [1.29, 1.82) is 0 Å². The van der Waals surface area contributed by atoms with Crippen LogP contribution in [-0.2, 0) is 16.6 Å². The Balaban J connectivity index is 1.15. The molecule has 1 N–H and O–H groups in total. The Kier molecular flexibility index (Phi) is 7.37. The van der Waals surface area contributed by atoms with Gasteiger partial charge in [-0.15, -0.1) is 0 Å². The number of nitrogens with zero attached hydrogens (tertiary/aromatic N) is 1. The second-order valence-electron chi connectivity index (χ2n) is 12.9. The summed E-state index contributed by atoms with van der Waals surface area (Å²) in [5, 5.41) is 12.5. The van der Waals surface area contributed by atoms with Crippen molar-refractivity contribution in [3.8, 4) is 11.5 Å². The molecule has 0 aromatic heterocycles. The fourth-order valence-electron chi connectivity index (χ4n) is 8.22. The second kappa shape index (κ2) is 10.6. The van der Waals surface area contributed by atoms with E-state index in [4.69, 9.17) is 9.47 Å². The largest absolute Gasteiger partial charge is 0.481 e. The highest BCUT2D eigenvalue weighted by atomic mass is 16.6. The van der Waals surface area contributed by atoms with Crippen LogP contribution in [0.2, 0.25) is 0 Å². The van der Waals surface area contributed by atoms with E-state index in [1.54, 1.807) is 0 Å². The molecule has 2 bridgehead atoms. The van der Waals surface area contributed by atoms with E-state index in [9.17, 15) is 9.90 Å². The summed E-state index contributed by atoms with van der Waals surface area (Å²) >= 11 is 0. The molecule has 1 spiro atoms. The van der Waals surface area contributed by atoms with Gasteiger partial charge in [-0.05, 0) is 74.6 Å². The van der Waals surface area contributed by atoms with Gasteiger partial charge in [-0.25, -0.2) is 0 Å². The van der Waals surface area contributed by atoms with Crippen LogP contribution in [0, 0.1) is 5.92 Å². The topological polar surface area (TPSA) is 59.0 Å². The molecule has 0 amide bonds. The highest BCUT2D eigenvalue weighted by Crippen LogP contribution is 2.66. The van der Waals surface area contributed by atoms with Gasteiger partial charge in [0.25, 0.3) is 0 Å². The number of ether oxygens (including phenoxy) is 2. The van der Waals surface area contributed by atoms with Crippen molar-refractivity contribution in [2.24, 2.45) is 5.92 Å². The Morgan fingerprint density at radius 3 is 2.58 bits per heavy atom. The standard InChI is InChI=1S/C33H47NO4/c1-3-4-5-6-7-8-9-10-11-12-28(35)37-26-16-15-25-21-27-33(36)18-17-23(2)31-32(33,29(25)30(26)38-31)19-20-34(27)22-24-13-14-24/h15-16,24,27,31,36H,2-14,17-22H2,1H3/t27?,31-,32-,33+/m0/s1.